The summed E-state index contributed by atoms with van der Waals surface area (Å²) in [4.78, 5) is 10.9. The third kappa shape index (κ3) is 2.10. The second-order valence-electron chi connectivity index (χ2n) is 4.23. The van der Waals surface area contributed by atoms with Crippen LogP contribution in [0.5, 0.6) is 0 Å². The van der Waals surface area contributed by atoms with E-state index in [1.165, 1.54) is 18.2 Å². The zero-order chi connectivity index (χ0) is 15.1. The molecule has 1 aromatic heterocycles. The minimum atomic E-state index is -1.37. The molecule has 0 unspecified atom stereocenters. The van der Waals surface area contributed by atoms with Crippen molar-refractivity contribution in [3.05, 3.63) is 53.3 Å². The number of aromatic nitrogens is 3. The molecule has 0 aliphatic rings. The van der Waals surface area contributed by atoms with Gasteiger partial charge >= 0.3 is 5.97 Å². The van der Waals surface area contributed by atoms with Gasteiger partial charge in [0.05, 0.1) is 11.1 Å². The van der Waals surface area contributed by atoms with Crippen LogP contribution in [0.3, 0.4) is 0 Å². The van der Waals surface area contributed by atoms with Crippen LogP contribution >= 0.6 is 0 Å². The van der Waals surface area contributed by atoms with Crippen molar-refractivity contribution in [2.24, 2.45) is 0 Å². The number of aromatic carboxylic acids is 1. The second kappa shape index (κ2) is 4.58. The quantitative estimate of drug-likeness (QED) is 0.737. The molecule has 1 heterocycles. The number of hydrogen-bond acceptors (Lipinski definition) is 3. The molecule has 0 aliphatic heterocycles. The molecule has 0 saturated carbocycles. The van der Waals surface area contributed by atoms with Crippen LogP contribution in [0.2, 0.25) is 0 Å². The monoisotopic (exact) mass is 293 g/mol. The summed E-state index contributed by atoms with van der Waals surface area (Å²) in [5.41, 5.74) is -0.177. The van der Waals surface area contributed by atoms with Gasteiger partial charge in [0.15, 0.2) is 11.6 Å². The lowest BCUT2D eigenvalue weighted by atomic mass is 10.2. The van der Waals surface area contributed by atoms with Gasteiger partial charge in [0.1, 0.15) is 17.0 Å². The van der Waals surface area contributed by atoms with E-state index in [-0.39, 0.29) is 16.6 Å². The van der Waals surface area contributed by atoms with E-state index in [4.69, 9.17) is 5.11 Å². The SMILES string of the molecule is O=C(O)c1ccc2nnn(-c3cc(F)cc(F)c3F)c2c1. The number of carbonyl (C=O) groups is 1. The molecule has 3 aromatic rings. The summed E-state index contributed by atoms with van der Waals surface area (Å²) in [6, 6.07) is 5.02. The standard InChI is InChI=1S/C13H6F3N3O2/c14-7-4-8(15)12(16)11(5-7)19-10-3-6(13(20)21)1-2-9(10)17-18-19/h1-5H,(H,20,21). The Morgan fingerprint density at radius 1 is 1.14 bits per heavy atom. The fraction of sp³-hybridized carbons (Fsp3) is 0. The van der Waals surface area contributed by atoms with Crippen LogP contribution in [-0.4, -0.2) is 26.1 Å². The Morgan fingerprint density at radius 3 is 2.62 bits per heavy atom. The van der Waals surface area contributed by atoms with E-state index in [0.29, 0.717) is 6.07 Å². The summed E-state index contributed by atoms with van der Waals surface area (Å²) in [5, 5.41) is 16.3. The first-order chi connectivity index (χ1) is 9.97. The van der Waals surface area contributed by atoms with Crippen LogP contribution < -0.4 is 0 Å². The van der Waals surface area contributed by atoms with Crippen molar-refractivity contribution < 1.29 is 23.1 Å². The van der Waals surface area contributed by atoms with Gasteiger partial charge < -0.3 is 5.11 Å². The molecule has 0 atom stereocenters. The second-order valence-corrected chi connectivity index (χ2v) is 4.23. The Kier molecular flexibility index (Phi) is 2.86. The number of fused-ring (bicyclic) bond motifs is 1. The van der Waals surface area contributed by atoms with Gasteiger partial charge in [0.25, 0.3) is 0 Å². The Bertz CT molecular complexity index is 876. The summed E-state index contributed by atoms with van der Waals surface area (Å²) >= 11 is 0. The van der Waals surface area contributed by atoms with E-state index in [1.54, 1.807) is 0 Å². The van der Waals surface area contributed by atoms with E-state index in [2.05, 4.69) is 10.3 Å². The summed E-state index contributed by atoms with van der Waals surface area (Å²) in [6.45, 7) is 0. The summed E-state index contributed by atoms with van der Waals surface area (Å²) in [7, 11) is 0. The van der Waals surface area contributed by atoms with Crippen molar-refractivity contribution >= 4 is 17.0 Å². The Balaban J connectivity index is 2.30. The van der Waals surface area contributed by atoms with Crippen LogP contribution in [0, 0.1) is 17.5 Å². The zero-order valence-electron chi connectivity index (χ0n) is 10.2. The van der Waals surface area contributed by atoms with E-state index in [1.807, 2.05) is 0 Å². The van der Waals surface area contributed by atoms with Crippen LogP contribution in [0.4, 0.5) is 13.2 Å². The molecule has 3 rings (SSSR count). The van der Waals surface area contributed by atoms with Crippen molar-refractivity contribution in [3.63, 3.8) is 0 Å². The van der Waals surface area contributed by atoms with Crippen molar-refractivity contribution in [2.75, 3.05) is 0 Å². The van der Waals surface area contributed by atoms with Crippen LogP contribution in [0.1, 0.15) is 10.4 Å². The maximum absolute atomic E-state index is 13.8. The van der Waals surface area contributed by atoms with Crippen LogP contribution in [0.25, 0.3) is 16.7 Å². The lowest BCUT2D eigenvalue weighted by Gasteiger charge is -2.05. The van der Waals surface area contributed by atoms with Gasteiger partial charge in [-0.25, -0.2) is 22.6 Å². The smallest absolute Gasteiger partial charge is 0.335 e. The van der Waals surface area contributed by atoms with Gasteiger partial charge in [0, 0.05) is 12.1 Å². The molecule has 106 valence electrons. The third-order valence-electron chi connectivity index (χ3n) is 2.89. The van der Waals surface area contributed by atoms with E-state index in [9.17, 15) is 18.0 Å². The van der Waals surface area contributed by atoms with Gasteiger partial charge in [-0.15, -0.1) is 5.10 Å². The average Bonchev–Trinajstić information content (AvgIpc) is 2.85. The average molecular weight is 293 g/mol. The Hall–Kier alpha value is -2.90. The minimum absolute atomic E-state index is 0.0802. The van der Waals surface area contributed by atoms with E-state index < -0.39 is 29.1 Å². The van der Waals surface area contributed by atoms with E-state index >= 15 is 0 Å². The molecule has 0 saturated heterocycles. The number of carboxylic acids is 1. The predicted molar refractivity (Wildman–Crippen MR) is 65.7 cm³/mol. The highest BCUT2D eigenvalue weighted by atomic mass is 19.2. The first-order valence-electron chi connectivity index (χ1n) is 5.71. The fourth-order valence-electron chi connectivity index (χ4n) is 1.93. The highest BCUT2D eigenvalue weighted by Crippen LogP contribution is 2.22. The van der Waals surface area contributed by atoms with Crippen LogP contribution in [-0.2, 0) is 0 Å². The van der Waals surface area contributed by atoms with Gasteiger partial charge in [-0.2, -0.15) is 0 Å². The van der Waals surface area contributed by atoms with Gasteiger partial charge in [-0.1, -0.05) is 5.21 Å². The number of nitrogens with zero attached hydrogens (tertiary/aromatic N) is 3. The molecule has 0 aliphatic carbocycles. The molecular weight excluding hydrogens is 287 g/mol. The van der Waals surface area contributed by atoms with Crippen LogP contribution in [0.15, 0.2) is 30.3 Å². The topological polar surface area (TPSA) is 68.0 Å². The van der Waals surface area contributed by atoms with Crippen molar-refractivity contribution in [3.8, 4) is 5.69 Å². The van der Waals surface area contributed by atoms with E-state index in [0.717, 1.165) is 10.7 Å². The molecule has 0 bridgehead atoms. The highest BCUT2D eigenvalue weighted by Gasteiger charge is 2.17. The van der Waals surface area contributed by atoms with Crippen molar-refractivity contribution in [1.82, 2.24) is 15.0 Å². The first-order valence-corrected chi connectivity index (χ1v) is 5.71. The van der Waals surface area contributed by atoms with Gasteiger partial charge in [-0.05, 0) is 18.2 Å². The molecule has 0 amide bonds. The molecule has 5 nitrogen and oxygen atoms in total. The Morgan fingerprint density at radius 2 is 1.90 bits per heavy atom. The third-order valence-corrected chi connectivity index (χ3v) is 2.89. The fourth-order valence-corrected chi connectivity index (χ4v) is 1.93. The molecule has 8 heteroatoms. The number of benzene rings is 2. The Labute approximate surface area is 115 Å². The zero-order valence-corrected chi connectivity index (χ0v) is 10.2. The molecule has 1 N–H and O–H groups in total. The number of hydrogen-bond donors (Lipinski definition) is 1. The predicted octanol–water partition coefficient (Wildman–Crippen LogP) is 2.54. The highest BCUT2D eigenvalue weighted by molar-refractivity contribution is 5.92. The van der Waals surface area contributed by atoms with Crippen molar-refractivity contribution in [2.45, 2.75) is 0 Å². The summed E-state index contributed by atoms with van der Waals surface area (Å²) in [5.74, 6) is -4.86. The molecule has 0 spiro atoms. The lowest BCUT2D eigenvalue weighted by molar-refractivity contribution is 0.0697. The molecule has 0 fully saturated rings. The molecular formula is C13H6F3N3O2. The number of rotatable bonds is 2. The minimum Gasteiger partial charge on any atom is -0.478 e. The normalized spacial score (nSPS) is 11.0. The summed E-state index contributed by atoms with van der Waals surface area (Å²) < 4.78 is 41.1. The molecule has 0 radical (unpaired) electrons. The molecule has 2 aromatic carbocycles. The molecule has 21 heavy (non-hydrogen) atoms. The maximum Gasteiger partial charge on any atom is 0.335 e. The first kappa shape index (κ1) is 13.1. The van der Waals surface area contributed by atoms with Gasteiger partial charge in [0.2, 0.25) is 0 Å². The summed E-state index contributed by atoms with van der Waals surface area (Å²) in [6.07, 6.45) is 0. The van der Waals surface area contributed by atoms with Crippen molar-refractivity contribution in [1.29, 1.82) is 0 Å². The number of halogens is 3. The largest absolute Gasteiger partial charge is 0.478 e. The lowest BCUT2D eigenvalue weighted by Crippen LogP contribution is -2.04. The van der Waals surface area contributed by atoms with Gasteiger partial charge in [-0.3, -0.25) is 0 Å². The maximum atomic E-state index is 13.8. The number of carboxylic acid groups (broad SMARTS) is 1.